The minimum Gasteiger partial charge on any atom is -0.494 e. The van der Waals surface area contributed by atoms with Crippen LogP contribution in [-0.4, -0.2) is 28.2 Å². The average molecular weight is 477 g/mol. The summed E-state index contributed by atoms with van der Waals surface area (Å²) in [4.78, 5) is 16.5. The number of aromatic nitrogens is 2. The summed E-state index contributed by atoms with van der Waals surface area (Å²) in [5, 5.41) is 0.669. The lowest BCUT2D eigenvalue weighted by atomic mass is 10.2. The number of hydrogen-bond acceptors (Lipinski definition) is 4. The number of imidazole rings is 1. The topological polar surface area (TPSA) is 53.4 Å². The summed E-state index contributed by atoms with van der Waals surface area (Å²) in [7, 11) is 0. The van der Waals surface area contributed by atoms with Crippen molar-refractivity contribution in [3.05, 3.63) is 77.8 Å². The first-order valence-corrected chi connectivity index (χ1v) is 12.1. The number of nitrogens with zero attached hydrogens (tertiary/aromatic N) is 2. The molecular formula is C28H29ClN2O3. The van der Waals surface area contributed by atoms with E-state index in [0.29, 0.717) is 18.1 Å². The maximum atomic E-state index is 11.6. The highest BCUT2D eigenvalue weighted by Gasteiger charge is 2.15. The highest BCUT2D eigenvalue weighted by molar-refractivity contribution is 6.30. The Morgan fingerprint density at radius 3 is 2.56 bits per heavy atom. The van der Waals surface area contributed by atoms with E-state index < -0.39 is 0 Å². The van der Waals surface area contributed by atoms with Crippen molar-refractivity contribution >= 4 is 28.6 Å². The number of carbonyl (C=O) groups is 1. The summed E-state index contributed by atoms with van der Waals surface area (Å²) in [6.07, 6.45) is 2.97. The zero-order valence-electron chi connectivity index (χ0n) is 19.5. The van der Waals surface area contributed by atoms with Crippen molar-refractivity contribution in [1.82, 2.24) is 9.55 Å². The van der Waals surface area contributed by atoms with Crippen LogP contribution < -0.4 is 4.74 Å². The summed E-state index contributed by atoms with van der Waals surface area (Å²) in [5.41, 5.74) is 3.81. The first kappa shape index (κ1) is 23.8. The van der Waals surface area contributed by atoms with Gasteiger partial charge in [-0.3, -0.25) is 9.36 Å². The number of hydrogen-bond donors (Lipinski definition) is 0. The van der Waals surface area contributed by atoms with Crippen molar-refractivity contribution in [2.75, 3.05) is 6.61 Å². The molecule has 176 valence electrons. The van der Waals surface area contributed by atoms with Gasteiger partial charge in [-0.05, 0) is 63.4 Å². The zero-order chi connectivity index (χ0) is 23.9. The molecule has 0 aliphatic carbocycles. The highest BCUT2D eigenvalue weighted by atomic mass is 35.5. The predicted octanol–water partition coefficient (Wildman–Crippen LogP) is 7.24. The third-order valence-electron chi connectivity index (χ3n) is 5.39. The van der Waals surface area contributed by atoms with Crippen LogP contribution in [0.3, 0.4) is 0 Å². The molecule has 0 N–H and O–H groups in total. The average Bonchev–Trinajstić information content (AvgIpc) is 3.20. The minimum absolute atomic E-state index is 0.0616. The van der Waals surface area contributed by atoms with Crippen molar-refractivity contribution in [3.8, 4) is 22.8 Å². The fourth-order valence-electron chi connectivity index (χ4n) is 3.86. The van der Waals surface area contributed by atoms with E-state index in [1.54, 1.807) is 0 Å². The molecule has 0 aliphatic heterocycles. The van der Waals surface area contributed by atoms with Crippen molar-refractivity contribution in [3.63, 3.8) is 0 Å². The van der Waals surface area contributed by atoms with Crippen LogP contribution in [0.25, 0.3) is 28.1 Å². The molecule has 0 amide bonds. The Morgan fingerprint density at radius 1 is 0.971 bits per heavy atom. The van der Waals surface area contributed by atoms with E-state index >= 15 is 0 Å². The van der Waals surface area contributed by atoms with Gasteiger partial charge in [0.15, 0.2) is 0 Å². The predicted molar refractivity (Wildman–Crippen MR) is 137 cm³/mol. The monoisotopic (exact) mass is 476 g/mol. The van der Waals surface area contributed by atoms with Gasteiger partial charge in [0.05, 0.1) is 23.7 Å². The summed E-state index contributed by atoms with van der Waals surface area (Å²) in [6.45, 7) is 4.31. The van der Waals surface area contributed by atoms with E-state index in [2.05, 4.69) is 16.7 Å². The third kappa shape index (κ3) is 5.97. The molecule has 34 heavy (non-hydrogen) atoms. The number of rotatable bonds is 10. The number of ether oxygens (including phenoxy) is 2. The van der Waals surface area contributed by atoms with Crippen LogP contribution in [-0.2, 0) is 9.53 Å². The molecule has 4 aromatic rings. The molecule has 0 bridgehead atoms. The number of unbranched alkanes of at least 4 members (excludes halogenated alkanes) is 2. The Labute approximate surface area is 205 Å². The zero-order valence-corrected chi connectivity index (χ0v) is 20.3. The first-order valence-electron chi connectivity index (χ1n) is 11.7. The Bertz CT molecular complexity index is 1250. The quantitative estimate of drug-likeness (QED) is 0.179. The van der Waals surface area contributed by atoms with Gasteiger partial charge >= 0.3 is 5.97 Å². The molecule has 0 atom stereocenters. The lowest BCUT2D eigenvalue weighted by molar-refractivity contribution is -0.147. The van der Waals surface area contributed by atoms with Crippen molar-refractivity contribution in [2.24, 2.45) is 0 Å². The minimum atomic E-state index is -0.134. The second-order valence-electron chi connectivity index (χ2n) is 8.46. The SMILES string of the molecule is CC(C)OC(=O)CCCCCOc1ccc2nc(-c3ccccc3)n(-c3cccc(Cl)c3)c2c1. The number of fused-ring (bicyclic) bond motifs is 1. The van der Waals surface area contributed by atoms with Crippen molar-refractivity contribution in [1.29, 1.82) is 0 Å². The summed E-state index contributed by atoms with van der Waals surface area (Å²) in [5.74, 6) is 1.50. The van der Waals surface area contributed by atoms with Gasteiger partial charge in [-0.1, -0.05) is 48.0 Å². The fourth-order valence-corrected chi connectivity index (χ4v) is 4.05. The summed E-state index contributed by atoms with van der Waals surface area (Å²) >= 11 is 6.31. The molecular weight excluding hydrogens is 448 g/mol. The number of carbonyl (C=O) groups excluding carboxylic acids is 1. The molecule has 1 heterocycles. The third-order valence-corrected chi connectivity index (χ3v) is 5.62. The normalized spacial score (nSPS) is 11.2. The Hall–Kier alpha value is -3.31. The van der Waals surface area contributed by atoms with Gasteiger partial charge in [-0.2, -0.15) is 0 Å². The largest absolute Gasteiger partial charge is 0.494 e. The highest BCUT2D eigenvalue weighted by Crippen LogP contribution is 2.31. The molecule has 4 rings (SSSR count). The van der Waals surface area contributed by atoms with Crippen LogP contribution in [0.2, 0.25) is 5.02 Å². The molecule has 6 heteroatoms. The van der Waals surface area contributed by atoms with Gasteiger partial charge in [-0.25, -0.2) is 4.98 Å². The van der Waals surface area contributed by atoms with Crippen molar-refractivity contribution < 1.29 is 14.3 Å². The molecule has 0 aliphatic rings. The van der Waals surface area contributed by atoms with E-state index in [1.807, 2.05) is 74.5 Å². The number of halogens is 1. The Balaban J connectivity index is 1.50. The van der Waals surface area contributed by atoms with Crippen LogP contribution in [0.4, 0.5) is 0 Å². The van der Waals surface area contributed by atoms with E-state index in [4.69, 9.17) is 26.1 Å². The molecule has 0 saturated heterocycles. The van der Waals surface area contributed by atoms with E-state index in [9.17, 15) is 4.79 Å². The molecule has 0 spiro atoms. The standard InChI is InChI=1S/C28H29ClN2O3/c1-20(2)34-27(32)14-7-4-8-17-33-24-15-16-25-26(19-24)31(23-13-9-12-22(29)18-23)28(30-25)21-10-5-3-6-11-21/h3,5-6,9-13,15-16,18-20H,4,7-8,14,17H2,1-2H3. The fraction of sp³-hybridized carbons (Fsp3) is 0.286. The maximum Gasteiger partial charge on any atom is 0.306 e. The van der Waals surface area contributed by atoms with Crippen molar-refractivity contribution in [2.45, 2.75) is 45.6 Å². The molecule has 1 aromatic heterocycles. The van der Waals surface area contributed by atoms with Gasteiger partial charge < -0.3 is 9.47 Å². The van der Waals surface area contributed by atoms with Gasteiger partial charge in [-0.15, -0.1) is 0 Å². The smallest absolute Gasteiger partial charge is 0.306 e. The molecule has 0 unspecified atom stereocenters. The molecule has 0 saturated carbocycles. The molecule has 3 aromatic carbocycles. The summed E-state index contributed by atoms with van der Waals surface area (Å²) < 4.78 is 13.3. The second kappa shape index (κ2) is 11.2. The van der Waals surface area contributed by atoms with E-state index in [0.717, 1.165) is 53.1 Å². The Morgan fingerprint density at radius 2 is 1.79 bits per heavy atom. The second-order valence-corrected chi connectivity index (χ2v) is 8.90. The van der Waals surface area contributed by atoms with Crippen LogP contribution in [0.15, 0.2) is 72.8 Å². The van der Waals surface area contributed by atoms with Crippen LogP contribution >= 0.6 is 11.6 Å². The maximum absolute atomic E-state index is 11.6. The number of benzene rings is 3. The van der Waals surface area contributed by atoms with E-state index in [1.165, 1.54) is 0 Å². The van der Waals surface area contributed by atoms with E-state index in [-0.39, 0.29) is 12.1 Å². The first-order chi connectivity index (χ1) is 16.5. The lowest BCUT2D eigenvalue weighted by Gasteiger charge is -2.11. The molecule has 5 nitrogen and oxygen atoms in total. The lowest BCUT2D eigenvalue weighted by Crippen LogP contribution is -2.11. The van der Waals surface area contributed by atoms with Crippen LogP contribution in [0.5, 0.6) is 5.75 Å². The van der Waals surface area contributed by atoms with Gasteiger partial charge in [0.1, 0.15) is 11.6 Å². The van der Waals surface area contributed by atoms with Crippen LogP contribution in [0.1, 0.15) is 39.5 Å². The van der Waals surface area contributed by atoms with Gasteiger partial charge in [0.25, 0.3) is 0 Å². The summed E-state index contributed by atoms with van der Waals surface area (Å²) in [6, 6.07) is 23.8. The van der Waals surface area contributed by atoms with Crippen LogP contribution in [0, 0.1) is 0 Å². The number of esters is 1. The Kier molecular flexibility index (Phi) is 7.86. The van der Waals surface area contributed by atoms with Gasteiger partial charge in [0, 0.05) is 28.8 Å². The molecule has 0 radical (unpaired) electrons. The molecule has 0 fully saturated rings. The van der Waals surface area contributed by atoms with Gasteiger partial charge in [0.2, 0.25) is 0 Å².